The molecule has 98 valence electrons. The maximum Gasteiger partial charge on any atom is 0.123 e. The fourth-order valence-corrected chi connectivity index (χ4v) is 3.57. The number of nitrogens with one attached hydrogen (secondary N) is 1. The first kappa shape index (κ1) is 12.1. The van der Waals surface area contributed by atoms with E-state index < -0.39 is 0 Å². The normalized spacial score (nSPS) is 31.8. The molecule has 0 spiro atoms. The molecule has 1 aromatic rings. The summed E-state index contributed by atoms with van der Waals surface area (Å²) in [6.45, 7) is 0.978. The van der Waals surface area contributed by atoms with Gasteiger partial charge in [-0.2, -0.15) is 0 Å². The summed E-state index contributed by atoms with van der Waals surface area (Å²) < 4.78 is 12.9. The van der Waals surface area contributed by atoms with E-state index in [1.54, 1.807) is 12.1 Å². The molecule has 2 saturated heterocycles. The van der Waals surface area contributed by atoms with Gasteiger partial charge in [0.15, 0.2) is 0 Å². The Kier molecular flexibility index (Phi) is 3.35. The minimum atomic E-state index is -0.143. The Bertz CT molecular complexity index is 389. The van der Waals surface area contributed by atoms with Crippen LogP contribution in [-0.2, 0) is 6.54 Å². The van der Waals surface area contributed by atoms with Gasteiger partial charge in [-0.3, -0.25) is 4.90 Å². The zero-order chi connectivity index (χ0) is 12.5. The third-order valence-corrected chi connectivity index (χ3v) is 4.57. The molecule has 2 bridgehead atoms. The van der Waals surface area contributed by atoms with Crippen molar-refractivity contribution < 1.29 is 4.39 Å². The number of piperidine rings is 1. The smallest absolute Gasteiger partial charge is 0.123 e. The van der Waals surface area contributed by atoms with Crippen LogP contribution in [0, 0.1) is 5.82 Å². The van der Waals surface area contributed by atoms with Gasteiger partial charge in [-0.15, -0.1) is 0 Å². The summed E-state index contributed by atoms with van der Waals surface area (Å²) >= 11 is 0. The molecule has 3 rings (SSSR count). The molecular weight excluding hydrogens is 227 g/mol. The lowest BCUT2D eigenvalue weighted by atomic mass is 9.97. The van der Waals surface area contributed by atoms with Crippen molar-refractivity contribution in [2.45, 2.75) is 50.4 Å². The first-order valence-corrected chi connectivity index (χ1v) is 6.93. The molecular formula is C15H21FN2. The van der Waals surface area contributed by atoms with Gasteiger partial charge in [-0.1, -0.05) is 12.1 Å². The standard InChI is InChI=1S/C15H21FN2/c1-17-13-8-14-6-7-15(9-13)18(14)10-11-2-4-12(16)5-3-11/h2-5,13-15,17H,6-10H2,1H3. The van der Waals surface area contributed by atoms with Gasteiger partial charge in [0.25, 0.3) is 0 Å². The third-order valence-electron chi connectivity index (χ3n) is 4.57. The summed E-state index contributed by atoms with van der Waals surface area (Å²) in [5.41, 5.74) is 1.23. The van der Waals surface area contributed by atoms with Crippen LogP contribution in [0.3, 0.4) is 0 Å². The predicted octanol–water partition coefficient (Wildman–Crippen LogP) is 2.54. The number of nitrogens with zero attached hydrogens (tertiary/aromatic N) is 1. The number of halogens is 1. The van der Waals surface area contributed by atoms with E-state index in [1.807, 2.05) is 12.1 Å². The fraction of sp³-hybridized carbons (Fsp3) is 0.600. The maximum atomic E-state index is 12.9. The third kappa shape index (κ3) is 2.29. The van der Waals surface area contributed by atoms with Crippen LogP contribution in [0.4, 0.5) is 4.39 Å². The van der Waals surface area contributed by atoms with Gasteiger partial charge in [-0.25, -0.2) is 4.39 Å². The lowest BCUT2D eigenvalue weighted by Gasteiger charge is -2.39. The van der Waals surface area contributed by atoms with Crippen LogP contribution in [0.2, 0.25) is 0 Å². The lowest BCUT2D eigenvalue weighted by Crippen LogP contribution is -2.47. The van der Waals surface area contributed by atoms with Crippen LogP contribution in [0.15, 0.2) is 24.3 Å². The van der Waals surface area contributed by atoms with E-state index >= 15 is 0 Å². The number of hydrogen-bond donors (Lipinski definition) is 1. The minimum absolute atomic E-state index is 0.143. The van der Waals surface area contributed by atoms with Crippen molar-refractivity contribution in [2.75, 3.05) is 7.05 Å². The van der Waals surface area contributed by atoms with Gasteiger partial charge in [0.05, 0.1) is 0 Å². The summed E-state index contributed by atoms with van der Waals surface area (Å²) in [7, 11) is 2.07. The summed E-state index contributed by atoms with van der Waals surface area (Å²) in [5.74, 6) is -0.143. The molecule has 2 aliphatic rings. The van der Waals surface area contributed by atoms with E-state index in [4.69, 9.17) is 0 Å². The largest absolute Gasteiger partial charge is 0.317 e. The van der Waals surface area contributed by atoms with Crippen LogP contribution in [-0.4, -0.2) is 30.1 Å². The van der Waals surface area contributed by atoms with Crippen LogP contribution in [0.25, 0.3) is 0 Å². The molecule has 2 nitrogen and oxygen atoms in total. The molecule has 18 heavy (non-hydrogen) atoms. The second-order valence-corrected chi connectivity index (χ2v) is 5.64. The molecule has 0 saturated carbocycles. The first-order valence-electron chi connectivity index (χ1n) is 6.93. The van der Waals surface area contributed by atoms with Crippen molar-refractivity contribution in [3.8, 4) is 0 Å². The average Bonchev–Trinajstić information content (AvgIpc) is 2.63. The van der Waals surface area contributed by atoms with E-state index in [2.05, 4.69) is 17.3 Å². The zero-order valence-electron chi connectivity index (χ0n) is 10.9. The highest BCUT2D eigenvalue weighted by atomic mass is 19.1. The Morgan fingerprint density at radius 3 is 2.33 bits per heavy atom. The van der Waals surface area contributed by atoms with Crippen molar-refractivity contribution >= 4 is 0 Å². The van der Waals surface area contributed by atoms with Crippen molar-refractivity contribution in [1.29, 1.82) is 0 Å². The van der Waals surface area contributed by atoms with Gasteiger partial charge in [0.2, 0.25) is 0 Å². The van der Waals surface area contributed by atoms with Crippen LogP contribution in [0.1, 0.15) is 31.2 Å². The van der Waals surface area contributed by atoms with Crippen LogP contribution < -0.4 is 5.32 Å². The Morgan fingerprint density at radius 1 is 1.17 bits per heavy atom. The van der Waals surface area contributed by atoms with Crippen molar-refractivity contribution in [3.63, 3.8) is 0 Å². The second kappa shape index (κ2) is 4.98. The highest BCUT2D eigenvalue weighted by molar-refractivity contribution is 5.17. The molecule has 1 N–H and O–H groups in total. The highest BCUT2D eigenvalue weighted by Gasteiger charge is 2.39. The topological polar surface area (TPSA) is 15.3 Å². The predicted molar refractivity (Wildman–Crippen MR) is 70.8 cm³/mol. The fourth-order valence-electron chi connectivity index (χ4n) is 3.57. The molecule has 0 aromatic heterocycles. The second-order valence-electron chi connectivity index (χ2n) is 5.64. The Hall–Kier alpha value is -0.930. The number of rotatable bonds is 3. The van der Waals surface area contributed by atoms with E-state index in [-0.39, 0.29) is 5.82 Å². The highest BCUT2D eigenvalue weighted by Crippen LogP contribution is 2.36. The Morgan fingerprint density at radius 2 is 1.78 bits per heavy atom. The van der Waals surface area contributed by atoms with Crippen molar-refractivity contribution in [3.05, 3.63) is 35.6 Å². The minimum Gasteiger partial charge on any atom is -0.317 e. The van der Waals surface area contributed by atoms with Gasteiger partial charge in [0, 0.05) is 24.7 Å². The summed E-state index contributed by atoms with van der Waals surface area (Å²) in [6.07, 6.45) is 5.16. The average molecular weight is 248 g/mol. The molecule has 3 heteroatoms. The molecule has 2 atom stereocenters. The summed E-state index contributed by atoms with van der Waals surface area (Å²) in [6, 6.07) is 9.08. The zero-order valence-corrected chi connectivity index (χ0v) is 10.9. The molecule has 0 aliphatic carbocycles. The van der Waals surface area contributed by atoms with E-state index in [9.17, 15) is 4.39 Å². The SMILES string of the molecule is CNC1CC2CCC(C1)N2Cc1ccc(F)cc1. The quantitative estimate of drug-likeness (QED) is 0.884. The van der Waals surface area contributed by atoms with Gasteiger partial charge >= 0.3 is 0 Å². The summed E-state index contributed by atoms with van der Waals surface area (Å²) in [5, 5.41) is 3.42. The van der Waals surface area contributed by atoms with Crippen molar-refractivity contribution in [1.82, 2.24) is 10.2 Å². The molecule has 2 unspecified atom stereocenters. The molecule has 2 aliphatic heterocycles. The number of fused-ring (bicyclic) bond motifs is 2. The van der Waals surface area contributed by atoms with E-state index in [0.29, 0.717) is 18.1 Å². The maximum absolute atomic E-state index is 12.9. The molecule has 0 radical (unpaired) electrons. The van der Waals surface area contributed by atoms with E-state index in [1.165, 1.54) is 31.2 Å². The van der Waals surface area contributed by atoms with Crippen LogP contribution >= 0.6 is 0 Å². The molecule has 0 amide bonds. The molecule has 2 fully saturated rings. The van der Waals surface area contributed by atoms with Gasteiger partial charge in [0.1, 0.15) is 5.82 Å². The molecule has 1 aromatic carbocycles. The lowest BCUT2D eigenvalue weighted by molar-refractivity contribution is 0.111. The number of benzene rings is 1. The molecule has 2 heterocycles. The Balaban J connectivity index is 1.69. The monoisotopic (exact) mass is 248 g/mol. The first-order chi connectivity index (χ1) is 8.76. The number of hydrogen-bond acceptors (Lipinski definition) is 2. The summed E-state index contributed by atoms with van der Waals surface area (Å²) in [4.78, 5) is 2.63. The van der Waals surface area contributed by atoms with Crippen molar-refractivity contribution in [2.24, 2.45) is 0 Å². The van der Waals surface area contributed by atoms with Crippen LogP contribution in [0.5, 0.6) is 0 Å². The van der Waals surface area contributed by atoms with E-state index in [0.717, 1.165) is 6.54 Å². The Labute approximate surface area is 108 Å². The van der Waals surface area contributed by atoms with Gasteiger partial charge < -0.3 is 5.32 Å². The van der Waals surface area contributed by atoms with Gasteiger partial charge in [-0.05, 0) is 50.4 Å².